The minimum absolute atomic E-state index is 0.0182. The molecule has 0 unspecified atom stereocenters. The molecule has 0 radical (unpaired) electrons. The Morgan fingerprint density at radius 2 is 1.90 bits per heavy atom. The molecule has 2 atom stereocenters. The summed E-state index contributed by atoms with van der Waals surface area (Å²) in [6.45, 7) is -0.686. The molecule has 2 heterocycles. The van der Waals surface area contributed by atoms with Crippen molar-refractivity contribution in [1.82, 2.24) is 14.6 Å². The van der Waals surface area contributed by atoms with Crippen molar-refractivity contribution in [1.29, 1.82) is 0 Å². The zero-order valence-electron chi connectivity index (χ0n) is 15.0. The van der Waals surface area contributed by atoms with Gasteiger partial charge in [0.05, 0.1) is 10.9 Å². The molecule has 1 aromatic heterocycles. The summed E-state index contributed by atoms with van der Waals surface area (Å²) in [5.41, 5.74) is 2.15. The SMILES string of the molecule is O=C(O)N[C@@H]1CN(S(=O)(=O)c2ccc(-c3c[nH]c4cc(F)ccc34)cc2)C[C@H]1F. The normalized spacial score (nSPS) is 20.2. The van der Waals surface area contributed by atoms with Crippen molar-refractivity contribution < 1.29 is 27.1 Å². The second-order valence-corrected chi connectivity index (χ2v) is 8.75. The Labute approximate surface area is 165 Å². The number of fused-ring (bicyclic) bond motifs is 1. The van der Waals surface area contributed by atoms with Crippen molar-refractivity contribution in [3.05, 3.63) is 54.5 Å². The van der Waals surface area contributed by atoms with Crippen LogP contribution in [0.2, 0.25) is 0 Å². The van der Waals surface area contributed by atoms with Crippen LogP contribution in [0.25, 0.3) is 22.0 Å². The van der Waals surface area contributed by atoms with E-state index in [9.17, 15) is 22.0 Å². The molecule has 3 N–H and O–H groups in total. The van der Waals surface area contributed by atoms with Crippen LogP contribution >= 0.6 is 0 Å². The molecular weight excluding hydrogens is 404 g/mol. The summed E-state index contributed by atoms with van der Waals surface area (Å²) in [5, 5.41) is 11.5. The molecular formula is C19H17F2N3O4S. The van der Waals surface area contributed by atoms with E-state index >= 15 is 0 Å². The number of halogens is 2. The molecule has 0 aliphatic carbocycles. The van der Waals surface area contributed by atoms with Crippen molar-refractivity contribution in [3.63, 3.8) is 0 Å². The van der Waals surface area contributed by atoms with Gasteiger partial charge in [0.2, 0.25) is 10.0 Å². The van der Waals surface area contributed by atoms with Crippen LogP contribution in [-0.4, -0.2) is 54.2 Å². The Morgan fingerprint density at radius 3 is 2.59 bits per heavy atom. The van der Waals surface area contributed by atoms with Crippen LogP contribution < -0.4 is 5.32 Å². The van der Waals surface area contributed by atoms with Crippen LogP contribution in [0, 0.1) is 5.82 Å². The Bertz CT molecular complexity index is 1180. The first kappa shape index (κ1) is 19.3. The van der Waals surface area contributed by atoms with Crippen LogP contribution in [0.15, 0.2) is 53.6 Å². The number of benzene rings is 2. The Morgan fingerprint density at radius 1 is 1.17 bits per heavy atom. The molecule has 2 aromatic carbocycles. The van der Waals surface area contributed by atoms with Gasteiger partial charge in [0, 0.05) is 35.8 Å². The van der Waals surface area contributed by atoms with Gasteiger partial charge in [-0.25, -0.2) is 22.0 Å². The van der Waals surface area contributed by atoms with Gasteiger partial charge in [-0.15, -0.1) is 0 Å². The number of nitrogens with one attached hydrogen (secondary N) is 2. The summed E-state index contributed by atoms with van der Waals surface area (Å²) in [7, 11) is -3.97. The molecule has 1 aliphatic rings. The highest BCUT2D eigenvalue weighted by Gasteiger charge is 2.40. The third-order valence-electron chi connectivity index (χ3n) is 4.97. The fourth-order valence-corrected chi connectivity index (χ4v) is 4.99. The molecule has 3 aromatic rings. The van der Waals surface area contributed by atoms with Crippen LogP contribution in [0.3, 0.4) is 0 Å². The number of carboxylic acid groups (broad SMARTS) is 1. The highest BCUT2D eigenvalue weighted by Crippen LogP contribution is 2.31. The van der Waals surface area contributed by atoms with Gasteiger partial charge in [-0.1, -0.05) is 12.1 Å². The van der Waals surface area contributed by atoms with Gasteiger partial charge in [-0.05, 0) is 35.9 Å². The maximum Gasteiger partial charge on any atom is 0.405 e. The highest BCUT2D eigenvalue weighted by molar-refractivity contribution is 7.89. The molecule has 4 rings (SSSR count). The zero-order valence-corrected chi connectivity index (χ0v) is 15.8. The van der Waals surface area contributed by atoms with E-state index in [1.165, 1.54) is 24.3 Å². The number of sulfonamides is 1. The molecule has 0 bridgehead atoms. The smallest absolute Gasteiger partial charge is 0.405 e. The largest absolute Gasteiger partial charge is 0.465 e. The zero-order chi connectivity index (χ0) is 20.8. The molecule has 1 amide bonds. The van der Waals surface area contributed by atoms with Gasteiger partial charge in [0.1, 0.15) is 12.0 Å². The van der Waals surface area contributed by atoms with Gasteiger partial charge in [-0.3, -0.25) is 0 Å². The number of aromatic nitrogens is 1. The van der Waals surface area contributed by atoms with Gasteiger partial charge in [-0.2, -0.15) is 4.31 Å². The predicted molar refractivity (Wildman–Crippen MR) is 102 cm³/mol. The summed E-state index contributed by atoms with van der Waals surface area (Å²) >= 11 is 0. The monoisotopic (exact) mass is 421 g/mol. The number of amides is 1. The lowest BCUT2D eigenvalue weighted by Gasteiger charge is -2.16. The fourth-order valence-electron chi connectivity index (χ4n) is 3.51. The lowest BCUT2D eigenvalue weighted by Crippen LogP contribution is -2.40. The summed E-state index contributed by atoms with van der Waals surface area (Å²) < 4.78 is 53.9. The first-order valence-electron chi connectivity index (χ1n) is 8.76. The Kier molecular flexibility index (Phi) is 4.75. The van der Waals surface area contributed by atoms with E-state index in [0.717, 1.165) is 20.8 Å². The number of rotatable bonds is 4. The van der Waals surface area contributed by atoms with Crippen molar-refractivity contribution in [2.75, 3.05) is 13.1 Å². The van der Waals surface area contributed by atoms with E-state index in [4.69, 9.17) is 5.11 Å². The summed E-state index contributed by atoms with van der Waals surface area (Å²) in [6.07, 6.45) is -1.31. The maximum atomic E-state index is 14.0. The second kappa shape index (κ2) is 7.12. The predicted octanol–water partition coefficient (Wildman–Crippen LogP) is 2.95. The minimum Gasteiger partial charge on any atom is -0.465 e. The molecule has 152 valence electrons. The summed E-state index contributed by atoms with van der Waals surface area (Å²) in [6, 6.07) is 9.33. The van der Waals surface area contributed by atoms with E-state index in [-0.39, 0.29) is 17.3 Å². The molecule has 10 heteroatoms. The number of carbonyl (C=O) groups is 1. The molecule has 0 saturated carbocycles. The molecule has 0 spiro atoms. The first-order chi connectivity index (χ1) is 13.8. The average molecular weight is 421 g/mol. The van der Waals surface area contributed by atoms with E-state index in [2.05, 4.69) is 4.98 Å². The maximum absolute atomic E-state index is 14.0. The topological polar surface area (TPSA) is 102 Å². The van der Waals surface area contributed by atoms with Gasteiger partial charge >= 0.3 is 6.09 Å². The van der Waals surface area contributed by atoms with Crippen LogP contribution in [0.5, 0.6) is 0 Å². The van der Waals surface area contributed by atoms with Gasteiger partial charge < -0.3 is 15.4 Å². The van der Waals surface area contributed by atoms with Crippen LogP contribution in [-0.2, 0) is 10.0 Å². The van der Waals surface area contributed by atoms with Crippen molar-refractivity contribution >= 4 is 27.0 Å². The van der Waals surface area contributed by atoms with Crippen molar-refractivity contribution in [3.8, 4) is 11.1 Å². The van der Waals surface area contributed by atoms with Gasteiger partial charge in [0.15, 0.2) is 0 Å². The van der Waals surface area contributed by atoms with Gasteiger partial charge in [0.25, 0.3) is 0 Å². The molecule has 1 fully saturated rings. The fraction of sp³-hybridized carbons (Fsp3) is 0.211. The van der Waals surface area contributed by atoms with E-state index in [1.54, 1.807) is 24.4 Å². The van der Waals surface area contributed by atoms with Crippen LogP contribution in [0.4, 0.5) is 13.6 Å². The lowest BCUT2D eigenvalue weighted by molar-refractivity contribution is 0.183. The average Bonchev–Trinajstić information content (AvgIpc) is 3.25. The van der Waals surface area contributed by atoms with E-state index < -0.39 is 34.9 Å². The van der Waals surface area contributed by atoms with E-state index in [1.807, 2.05) is 5.32 Å². The number of aromatic amines is 1. The third-order valence-corrected chi connectivity index (χ3v) is 6.82. The molecule has 1 saturated heterocycles. The standard InChI is InChI=1S/C19H17F2N3O4S/c20-12-3-6-14-15(8-22-17(14)7-12)11-1-4-13(5-2-11)29(27,28)24-9-16(21)18(10-24)23-19(25)26/h1-8,16,18,22-23H,9-10H2,(H,25,26)/t16-,18-/m1/s1. The molecule has 7 nitrogen and oxygen atoms in total. The summed E-state index contributed by atoms with van der Waals surface area (Å²) in [4.78, 5) is 13.7. The quantitative estimate of drug-likeness (QED) is 0.603. The van der Waals surface area contributed by atoms with Crippen molar-refractivity contribution in [2.24, 2.45) is 0 Å². The first-order valence-corrected chi connectivity index (χ1v) is 10.2. The minimum atomic E-state index is -3.97. The Balaban J connectivity index is 1.59. The molecule has 1 aliphatic heterocycles. The lowest BCUT2D eigenvalue weighted by atomic mass is 10.1. The second-order valence-electron chi connectivity index (χ2n) is 6.81. The number of alkyl halides is 1. The number of hydrogen-bond donors (Lipinski definition) is 3. The van der Waals surface area contributed by atoms with E-state index in [0.29, 0.717) is 5.52 Å². The van der Waals surface area contributed by atoms with Crippen molar-refractivity contribution in [2.45, 2.75) is 17.1 Å². The third kappa shape index (κ3) is 3.56. The summed E-state index contributed by atoms with van der Waals surface area (Å²) in [5.74, 6) is -0.361. The van der Waals surface area contributed by atoms with Crippen LogP contribution in [0.1, 0.15) is 0 Å². The molecule has 29 heavy (non-hydrogen) atoms. The highest BCUT2D eigenvalue weighted by atomic mass is 32.2. The Hall–Kier alpha value is -2.98. The number of nitrogens with zero attached hydrogens (tertiary/aromatic N) is 1. The number of H-pyrrole nitrogens is 1. The number of hydrogen-bond acceptors (Lipinski definition) is 3.